The van der Waals surface area contributed by atoms with E-state index in [2.05, 4.69) is 111 Å². The summed E-state index contributed by atoms with van der Waals surface area (Å²) in [5, 5.41) is 5.07. The molecule has 4 heterocycles. The van der Waals surface area contributed by atoms with E-state index in [1.54, 1.807) is 0 Å². The molecule has 0 bridgehead atoms. The molecule has 5 nitrogen and oxygen atoms in total. The van der Waals surface area contributed by atoms with Crippen LogP contribution < -0.4 is 15.1 Å². The summed E-state index contributed by atoms with van der Waals surface area (Å²) < 4.78 is 2.41. The standard InChI is InChI=1S/C36H42ClN5S/c1-21-15-24(4)34(25(5)16-21)41-26(6)17-29(27(41)7)35-33(31-10-8-9-13-38-31)39-36(43)42(35)28-11-12-32(30(37)18-28)40-19-22(2)14-23(3)20-40/h8-13,15-18,22-23,33,35H,14,19-20H2,1-7H3,(H,39,43). The lowest BCUT2D eigenvalue weighted by Gasteiger charge is -2.37. The number of nitrogens with one attached hydrogen (secondary N) is 1. The highest BCUT2D eigenvalue weighted by Crippen LogP contribution is 2.45. The van der Waals surface area contributed by atoms with Crippen molar-refractivity contribution in [3.05, 3.63) is 105 Å². The van der Waals surface area contributed by atoms with Gasteiger partial charge in [0.2, 0.25) is 0 Å². The third-order valence-corrected chi connectivity index (χ3v) is 9.78. The van der Waals surface area contributed by atoms with Crippen LogP contribution in [0.1, 0.15) is 71.7 Å². The minimum absolute atomic E-state index is 0.106. The smallest absolute Gasteiger partial charge is 0.174 e. The molecule has 6 rings (SSSR count). The van der Waals surface area contributed by atoms with Crippen LogP contribution in [0.2, 0.25) is 5.02 Å². The molecule has 224 valence electrons. The number of hydrogen-bond acceptors (Lipinski definition) is 3. The Labute approximate surface area is 266 Å². The number of anilines is 2. The van der Waals surface area contributed by atoms with Gasteiger partial charge in [0.1, 0.15) is 0 Å². The number of halogens is 1. The van der Waals surface area contributed by atoms with Gasteiger partial charge >= 0.3 is 0 Å². The summed E-state index contributed by atoms with van der Waals surface area (Å²) in [6.45, 7) is 17.7. The number of aryl methyl sites for hydroxylation is 4. The van der Waals surface area contributed by atoms with Gasteiger partial charge in [0.15, 0.2) is 5.11 Å². The molecule has 0 aliphatic carbocycles. The van der Waals surface area contributed by atoms with Crippen LogP contribution in [0, 0.1) is 46.5 Å². The van der Waals surface area contributed by atoms with Crippen molar-refractivity contribution in [3.8, 4) is 5.69 Å². The molecule has 2 saturated heterocycles. The molecular formula is C36H42ClN5S. The lowest BCUT2D eigenvalue weighted by Crippen LogP contribution is -2.38. The van der Waals surface area contributed by atoms with E-state index in [1.807, 2.05) is 18.3 Å². The zero-order valence-electron chi connectivity index (χ0n) is 26.3. The molecule has 1 N–H and O–H groups in total. The first-order valence-electron chi connectivity index (χ1n) is 15.4. The van der Waals surface area contributed by atoms with Crippen molar-refractivity contribution < 1.29 is 0 Å². The van der Waals surface area contributed by atoms with Gasteiger partial charge in [-0.3, -0.25) is 4.98 Å². The predicted octanol–water partition coefficient (Wildman–Crippen LogP) is 8.73. The van der Waals surface area contributed by atoms with Crippen LogP contribution in [0.25, 0.3) is 5.69 Å². The van der Waals surface area contributed by atoms with Gasteiger partial charge in [0.05, 0.1) is 34.2 Å². The number of pyridine rings is 1. The van der Waals surface area contributed by atoms with Gasteiger partial charge in [-0.15, -0.1) is 0 Å². The topological polar surface area (TPSA) is 36.3 Å². The van der Waals surface area contributed by atoms with Crippen molar-refractivity contribution in [2.75, 3.05) is 22.9 Å². The third-order valence-electron chi connectivity index (χ3n) is 9.17. The van der Waals surface area contributed by atoms with Crippen LogP contribution in [-0.2, 0) is 0 Å². The Kier molecular flexibility index (Phi) is 8.03. The fourth-order valence-corrected chi connectivity index (χ4v) is 8.31. The molecule has 2 fully saturated rings. The molecule has 43 heavy (non-hydrogen) atoms. The maximum Gasteiger partial charge on any atom is 0.174 e. The van der Waals surface area contributed by atoms with Gasteiger partial charge in [-0.05, 0) is 118 Å². The Morgan fingerprint density at radius 1 is 0.907 bits per heavy atom. The summed E-state index contributed by atoms with van der Waals surface area (Å²) in [6.07, 6.45) is 3.12. The van der Waals surface area contributed by atoms with Crippen LogP contribution in [-0.4, -0.2) is 27.8 Å². The lowest BCUT2D eigenvalue weighted by atomic mass is 9.91. The molecule has 2 aliphatic heterocycles. The van der Waals surface area contributed by atoms with E-state index in [-0.39, 0.29) is 12.1 Å². The minimum atomic E-state index is -0.120. The predicted molar refractivity (Wildman–Crippen MR) is 184 cm³/mol. The van der Waals surface area contributed by atoms with Crippen LogP contribution in [0.4, 0.5) is 11.4 Å². The quantitative estimate of drug-likeness (QED) is 0.228. The Morgan fingerprint density at radius 3 is 2.23 bits per heavy atom. The number of nitrogens with zero attached hydrogens (tertiary/aromatic N) is 4. The van der Waals surface area contributed by atoms with Crippen molar-refractivity contribution in [1.29, 1.82) is 0 Å². The van der Waals surface area contributed by atoms with Crippen LogP contribution >= 0.6 is 23.8 Å². The van der Waals surface area contributed by atoms with Gasteiger partial charge in [-0.1, -0.05) is 49.2 Å². The van der Waals surface area contributed by atoms with E-state index in [0.717, 1.165) is 35.2 Å². The van der Waals surface area contributed by atoms with Crippen molar-refractivity contribution >= 4 is 40.3 Å². The van der Waals surface area contributed by atoms with Gasteiger partial charge < -0.3 is 19.7 Å². The zero-order valence-corrected chi connectivity index (χ0v) is 27.9. The number of thiocarbonyl (C=S) groups is 1. The Hall–Kier alpha value is -3.35. The summed E-state index contributed by atoms with van der Waals surface area (Å²) in [7, 11) is 0. The Bertz CT molecular complexity index is 1650. The number of aromatic nitrogens is 2. The fourth-order valence-electron chi connectivity index (χ4n) is 7.67. The van der Waals surface area contributed by atoms with Gasteiger partial charge in [-0.25, -0.2) is 0 Å². The second kappa shape index (κ2) is 11.6. The largest absolute Gasteiger partial charge is 0.370 e. The van der Waals surface area contributed by atoms with Crippen LogP contribution in [0.3, 0.4) is 0 Å². The van der Waals surface area contributed by atoms with Gasteiger partial charge in [0.25, 0.3) is 0 Å². The lowest BCUT2D eigenvalue weighted by molar-refractivity contribution is 0.357. The average molecular weight is 612 g/mol. The number of hydrogen-bond donors (Lipinski definition) is 1. The number of benzene rings is 2. The molecule has 0 saturated carbocycles. The Balaban J connectivity index is 1.46. The van der Waals surface area contributed by atoms with Crippen molar-refractivity contribution in [2.45, 2.75) is 67.0 Å². The summed E-state index contributed by atoms with van der Waals surface area (Å²) in [5.74, 6) is 1.30. The van der Waals surface area contributed by atoms with E-state index in [1.165, 1.54) is 45.7 Å². The average Bonchev–Trinajstić information content (AvgIpc) is 3.43. The van der Waals surface area contributed by atoms with E-state index >= 15 is 0 Å². The second-order valence-corrected chi connectivity index (χ2v) is 13.7. The molecule has 2 aromatic heterocycles. The minimum Gasteiger partial charge on any atom is -0.370 e. The molecule has 4 aromatic rings. The molecule has 2 aromatic carbocycles. The molecule has 4 unspecified atom stereocenters. The monoisotopic (exact) mass is 611 g/mol. The fraction of sp³-hybridized carbons (Fsp3) is 0.389. The van der Waals surface area contributed by atoms with E-state index < -0.39 is 0 Å². The van der Waals surface area contributed by atoms with Crippen molar-refractivity contribution in [3.63, 3.8) is 0 Å². The van der Waals surface area contributed by atoms with Crippen molar-refractivity contribution in [1.82, 2.24) is 14.9 Å². The highest BCUT2D eigenvalue weighted by Gasteiger charge is 2.42. The van der Waals surface area contributed by atoms with Crippen molar-refractivity contribution in [2.24, 2.45) is 11.8 Å². The number of rotatable bonds is 5. The molecule has 4 atom stereocenters. The first-order chi connectivity index (χ1) is 20.5. The molecule has 0 radical (unpaired) electrons. The molecule has 7 heteroatoms. The molecule has 2 aliphatic rings. The van der Waals surface area contributed by atoms with Gasteiger partial charge in [0, 0.05) is 36.4 Å². The summed E-state index contributed by atoms with van der Waals surface area (Å²) >= 11 is 13.1. The second-order valence-electron chi connectivity index (χ2n) is 12.9. The Morgan fingerprint density at radius 2 is 1.60 bits per heavy atom. The molecule has 0 amide bonds. The first kappa shape index (κ1) is 29.7. The van der Waals surface area contributed by atoms with E-state index in [0.29, 0.717) is 16.9 Å². The first-order valence-corrected chi connectivity index (χ1v) is 16.1. The van der Waals surface area contributed by atoms with Crippen LogP contribution in [0.5, 0.6) is 0 Å². The van der Waals surface area contributed by atoms with E-state index in [9.17, 15) is 0 Å². The SMILES string of the molecule is Cc1cc(C)c(-n2c(C)cc(C3C(c4ccccn4)NC(=S)N3c3ccc(N4CC(C)CC(C)C4)c(Cl)c3)c2C)c(C)c1. The maximum absolute atomic E-state index is 7.07. The van der Waals surface area contributed by atoms with Gasteiger partial charge in [-0.2, -0.15) is 0 Å². The molecule has 0 spiro atoms. The van der Waals surface area contributed by atoms with Crippen LogP contribution in [0.15, 0.2) is 60.8 Å². The maximum atomic E-state index is 7.07. The highest BCUT2D eigenvalue weighted by molar-refractivity contribution is 7.80. The summed E-state index contributed by atoms with van der Waals surface area (Å²) in [5.41, 5.74) is 11.7. The highest BCUT2D eigenvalue weighted by atomic mass is 35.5. The third kappa shape index (κ3) is 5.44. The summed E-state index contributed by atoms with van der Waals surface area (Å²) in [4.78, 5) is 9.46. The number of piperidine rings is 1. The molecular weight excluding hydrogens is 570 g/mol. The van der Waals surface area contributed by atoms with E-state index in [4.69, 9.17) is 28.8 Å². The summed E-state index contributed by atoms with van der Waals surface area (Å²) in [6, 6.07) is 19.2. The normalized spacial score (nSPS) is 22.3. The zero-order chi connectivity index (χ0) is 30.6.